The molecule has 60 valence electrons. The topological polar surface area (TPSA) is 38.9 Å². The van der Waals surface area contributed by atoms with E-state index in [-0.39, 0.29) is 0 Å². The average molecular weight is 179 g/mol. The number of aromatic nitrogens is 1. The van der Waals surface area contributed by atoms with Gasteiger partial charge in [0.25, 0.3) is 0 Å². The molecule has 0 aliphatic carbocycles. The van der Waals surface area contributed by atoms with E-state index in [0.717, 1.165) is 10.9 Å². The molecule has 0 aliphatic heterocycles. The maximum Gasteiger partial charge on any atom is 0.0723 e. The monoisotopic (exact) mass is 178 g/mol. The number of halogens is 1. The molecular formula is C9H7ClN2. The van der Waals surface area contributed by atoms with Crippen molar-refractivity contribution < 1.29 is 0 Å². The molecule has 0 saturated carbocycles. The minimum atomic E-state index is 0.611. The third-order valence-electron chi connectivity index (χ3n) is 1.73. The number of fused-ring (bicyclic) bond motifs is 1. The Hall–Kier alpha value is -1.28. The molecule has 0 aliphatic rings. The van der Waals surface area contributed by atoms with E-state index in [2.05, 4.69) is 4.98 Å². The second kappa shape index (κ2) is 2.64. The summed E-state index contributed by atoms with van der Waals surface area (Å²) in [4.78, 5) is 4.13. The van der Waals surface area contributed by atoms with Crippen molar-refractivity contribution in [2.45, 2.75) is 0 Å². The van der Waals surface area contributed by atoms with Crippen LogP contribution in [0.3, 0.4) is 0 Å². The van der Waals surface area contributed by atoms with Gasteiger partial charge in [0.1, 0.15) is 0 Å². The van der Waals surface area contributed by atoms with Gasteiger partial charge in [-0.05, 0) is 18.2 Å². The molecule has 0 bridgehead atoms. The molecule has 2 aromatic rings. The highest BCUT2D eigenvalue weighted by Crippen LogP contribution is 2.21. The summed E-state index contributed by atoms with van der Waals surface area (Å²) in [6.07, 6.45) is 1.61. The predicted molar refractivity (Wildman–Crippen MR) is 51.2 cm³/mol. The minimum absolute atomic E-state index is 0.611. The van der Waals surface area contributed by atoms with E-state index in [1.54, 1.807) is 6.20 Å². The van der Waals surface area contributed by atoms with Gasteiger partial charge in [-0.15, -0.1) is 0 Å². The van der Waals surface area contributed by atoms with Crippen molar-refractivity contribution >= 4 is 28.2 Å². The van der Waals surface area contributed by atoms with Crippen LogP contribution in [0.25, 0.3) is 10.9 Å². The number of rotatable bonds is 0. The first-order valence-corrected chi connectivity index (χ1v) is 3.95. The second-order valence-corrected chi connectivity index (χ2v) is 3.00. The van der Waals surface area contributed by atoms with Crippen LogP contribution in [0.15, 0.2) is 30.5 Å². The third kappa shape index (κ3) is 1.10. The smallest absolute Gasteiger partial charge is 0.0723 e. The highest BCUT2D eigenvalue weighted by atomic mass is 35.5. The number of anilines is 1. The van der Waals surface area contributed by atoms with Crippen molar-refractivity contribution in [2.24, 2.45) is 0 Å². The van der Waals surface area contributed by atoms with Gasteiger partial charge in [0.05, 0.1) is 10.5 Å². The molecule has 3 heteroatoms. The Morgan fingerprint density at radius 2 is 2.17 bits per heavy atom. The molecule has 2 rings (SSSR count). The Bertz CT molecular complexity index is 426. The molecule has 1 aromatic heterocycles. The quantitative estimate of drug-likeness (QED) is 0.630. The third-order valence-corrected chi connectivity index (χ3v) is 1.93. The zero-order valence-electron chi connectivity index (χ0n) is 6.29. The van der Waals surface area contributed by atoms with Gasteiger partial charge in [0, 0.05) is 17.3 Å². The van der Waals surface area contributed by atoms with E-state index in [1.165, 1.54) is 0 Å². The number of nitrogens with zero attached hydrogens (tertiary/aromatic N) is 1. The zero-order chi connectivity index (χ0) is 8.55. The lowest BCUT2D eigenvalue weighted by Gasteiger charge is -1.99. The van der Waals surface area contributed by atoms with E-state index in [0.29, 0.717) is 10.7 Å². The van der Waals surface area contributed by atoms with Crippen LogP contribution in [0.5, 0.6) is 0 Å². The molecule has 1 aromatic carbocycles. The second-order valence-electron chi connectivity index (χ2n) is 2.57. The Morgan fingerprint density at radius 3 is 3.00 bits per heavy atom. The number of hydrogen-bond donors (Lipinski definition) is 1. The van der Waals surface area contributed by atoms with E-state index < -0.39 is 0 Å². The summed E-state index contributed by atoms with van der Waals surface area (Å²) in [5.74, 6) is 0. The van der Waals surface area contributed by atoms with Crippen LogP contribution in [-0.2, 0) is 0 Å². The van der Waals surface area contributed by atoms with Crippen LogP contribution in [0.2, 0.25) is 5.02 Å². The first-order valence-electron chi connectivity index (χ1n) is 3.57. The van der Waals surface area contributed by atoms with Gasteiger partial charge in [0.2, 0.25) is 0 Å². The zero-order valence-corrected chi connectivity index (χ0v) is 7.05. The summed E-state index contributed by atoms with van der Waals surface area (Å²) in [5.41, 5.74) is 7.31. The van der Waals surface area contributed by atoms with Crippen LogP contribution >= 0.6 is 11.6 Å². The molecule has 1 heterocycles. The van der Waals surface area contributed by atoms with Crippen LogP contribution in [0.1, 0.15) is 0 Å². The Morgan fingerprint density at radius 1 is 1.33 bits per heavy atom. The summed E-state index contributed by atoms with van der Waals surface area (Å²) in [7, 11) is 0. The van der Waals surface area contributed by atoms with Gasteiger partial charge < -0.3 is 5.73 Å². The van der Waals surface area contributed by atoms with Gasteiger partial charge in [-0.3, -0.25) is 4.98 Å². The van der Waals surface area contributed by atoms with Crippen molar-refractivity contribution in [3.8, 4) is 0 Å². The summed E-state index contributed by atoms with van der Waals surface area (Å²) in [5, 5.41) is 1.52. The molecule has 0 fully saturated rings. The van der Waals surface area contributed by atoms with E-state index in [9.17, 15) is 0 Å². The number of pyridine rings is 1. The fraction of sp³-hybridized carbons (Fsp3) is 0. The van der Waals surface area contributed by atoms with Crippen molar-refractivity contribution in [3.63, 3.8) is 0 Å². The molecule has 0 radical (unpaired) electrons. The number of benzene rings is 1. The summed E-state index contributed by atoms with van der Waals surface area (Å²) in [6.45, 7) is 0. The molecule has 0 amide bonds. The summed E-state index contributed by atoms with van der Waals surface area (Å²) >= 11 is 5.77. The van der Waals surface area contributed by atoms with Crippen LogP contribution < -0.4 is 5.73 Å². The molecule has 2 N–H and O–H groups in total. The average Bonchev–Trinajstić information content (AvgIpc) is 2.07. The lowest BCUT2D eigenvalue weighted by Crippen LogP contribution is -1.87. The van der Waals surface area contributed by atoms with Crippen molar-refractivity contribution in [2.75, 3.05) is 5.73 Å². The molecule has 0 atom stereocenters. The van der Waals surface area contributed by atoms with E-state index in [1.807, 2.05) is 24.3 Å². The Balaban J connectivity index is 2.88. The van der Waals surface area contributed by atoms with Crippen LogP contribution in [0, 0.1) is 0 Å². The SMILES string of the molecule is Nc1cccc2ncc(Cl)cc12. The van der Waals surface area contributed by atoms with Crippen LogP contribution in [0.4, 0.5) is 5.69 Å². The van der Waals surface area contributed by atoms with Crippen molar-refractivity contribution in [3.05, 3.63) is 35.5 Å². The molecular weight excluding hydrogens is 172 g/mol. The first-order chi connectivity index (χ1) is 5.77. The lowest BCUT2D eigenvalue weighted by molar-refractivity contribution is 1.41. The van der Waals surface area contributed by atoms with Crippen LogP contribution in [-0.4, -0.2) is 4.98 Å². The number of nitrogen functional groups attached to an aromatic ring is 1. The molecule has 0 saturated heterocycles. The van der Waals surface area contributed by atoms with Crippen molar-refractivity contribution in [1.29, 1.82) is 0 Å². The van der Waals surface area contributed by atoms with Gasteiger partial charge in [-0.2, -0.15) is 0 Å². The van der Waals surface area contributed by atoms with Gasteiger partial charge in [-0.1, -0.05) is 17.7 Å². The predicted octanol–water partition coefficient (Wildman–Crippen LogP) is 2.47. The van der Waals surface area contributed by atoms with E-state index >= 15 is 0 Å². The highest BCUT2D eigenvalue weighted by molar-refractivity contribution is 6.31. The fourth-order valence-corrected chi connectivity index (χ4v) is 1.30. The molecule has 2 nitrogen and oxygen atoms in total. The van der Waals surface area contributed by atoms with Gasteiger partial charge in [-0.25, -0.2) is 0 Å². The first kappa shape index (κ1) is 7.37. The number of nitrogens with two attached hydrogens (primary N) is 1. The molecule has 0 spiro atoms. The van der Waals surface area contributed by atoms with Crippen molar-refractivity contribution in [1.82, 2.24) is 4.98 Å². The standard InChI is InChI=1S/C9H7ClN2/c10-6-4-7-8(11)2-1-3-9(7)12-5-6/h1-5H,11H2. The summed E-state index contributed by atoms with van der Waals surface area (Å²) in [6, 6.07) is 7.43. The Kier molecular flexibility index (Phi) is 1.62. The van der Waals surface area contributed by atoms with E-state index in [4.69, 9.17) is 17.3 Å². The fourth-order valence-electron chi connectivity index (χ4n) is 1.15. The highest BCUT2D eigenvalue weighted by Gasteiger charge is 1.98. The largest absolute Gasteiger partial charge is 0.398 e. The van der Waals surface area contributed by atoms with Gasteiger partial charge in [0.15, 0.2) is 0 Å². The lowest BCUT2D eigenvalue weighted by atomic mass is 10.2. The minimum Gasteiger partial charge on any atom is -0.398 e. The maximum absolute atomic E-state index is 5.77. The molecule has 0 unspecified atom stereocenters. The number of hydrogen-bond acceptors (Lipinski definition) is 2. The molecule has 12 heavy (non-hydrogen) atoms. The normalized spacial score (nSPS) is 10.4. The summed E-state index contributed by atoms with van der Waals surface area (Å²) < 4.78 is 0. The Labute approximate surface area is 75.0 Å². The maximum atomic E-state index is 5.77. The van der Waals surface area contributed by atoms with Gasteiger partial charge >= 0.3 is 0 Å².